The summed E-state index contributed by atoms with van der Waals surface area (Å²) in [5, 5.41) is 5.36. The number of benzene rings is 2. The monoisotopic (exact) mass is 430 g/mol. The predicted octanol–water partition coefficient (Wildman–Crippen LogP) is 4.65. The maximum atomic E-state index is 12.9. The smallest absolute Gasteiger partial charge is 0.253 e. The molecule has 6 nitrogen and oxygen atoms in total. The third-order valence-corrected chi connectivity index (χ3v) is 6.70. The van der Waals surface area contributed by atoms with Gasteiger partial charge in [-0.3, -0.25) is 4.79 Å². The Morgan fingerprint density at radius 1 is 1.13 bits per heavy atom. The molecule has 1 aliphatic rings. The fraction of sp³-hybridized carbons (Fsp3) is 0.250. The van der Waals surface area contributed by atoms with Gasteiger partial charge in [0.15, 0.2) is 5.78 Å². The molecule has 0 aliphatic heterocycles. The van der Waals surface area contributed by atoms with Crippen molar-refractivity contribution >= 4 is 23.3 Å². The molecule has 1 unspecified atom stereocenters. The molecular formula is C24H22N4O2S. The van der Waals surface area contributed by atoms with Crippen LogP contribution in [0.2, 0.25) is 0 Å². The summed E-state index contributed by atoms with van der Waals surface area (Å²) < 4.78 is 7.28. The lowest BCUT2D eigenvalue weighted by atomic mass is 9.82. The van der Waals surface area contributed by atoms with E-state index in [-0.39, 0.29) is 11.7 Å². The van der Waals surface area contributed by atoms with Gasteiger partial charge in [-0.05, 0) is 36.1 Å². The second-order valence-electron chi connectivity index (χ2n) is 7.71. The van der Waals surface area contributed by atoms with Crippen molar-refractivity contribution in [1.29, 1.82) is 0 Å². The number of aryl methyl sites for hydroxylation is 1. The fourth-order valence-electron chi connectivity index (χ4n) is 4.13. The second kappa shape index (κ2) is 8.15. The average Bonchev–Trinajstić information content (AvgIpc) is 3.22. The van der Waals surface area contributed by atoms with Gasteiger partial charge in [0.05, 0.1) is 18.4 Å². The number of thioether (sulfide) groups is 1. The molecular weight excluding hydrogens is 408 g/mol. The van der Waals surface area contributed by atoms with E-state index in [4.69, 9.17) is 9.84 Å². The highest BCUT2D eigenvalue weighted by Crippen LogP contribution is 2.37. The minimum atomic E-state index is 0.0361. The molecule has 0 radical (unpaired) electrons. The van der Waals surface area contributed by atoms with Crippen LogP contribution < -0.4 is 4.74 Å². The van der Waals surface area contributed by atoms with Crippen molar-refractivity contribution in [2.24, 2.45) is 0 Å². The van der Waals surface area contributed by atoms with Gasteiger partial charge in [-0.1, -0.05) is 54.2 Å². The molecule has 0 fully saturated rings. The summed E-state index contributed by atoms with van der Waals surface area (Å²) in [4.78, 5) is 21.9. The van der Waals surface area contributed by atoms with Gasteiger partial charge in [-0.2, -0.15) is 9.50 Å². The molecule has 0 N–H and O–H groups in total. The van der Waals surface area contributed by atoms with Crippen molar-refractivity contribution in [3.63, 3.8) is 0 Å². The molecule has 2 aromatic heterocycles. The molecule has 1 atom stereocenters. The summed E-state index contributed by atoms with van der Waals surface area (Å²) in [6, 6.07) is 16.2. The number of ether oxygens (including phenoxy) is 1. The lowest BCUT2D eigenvalue weighted by molar-refractivity contribution is 0.0961. The van der Waals surface area contributed by atoms with E-state index >= 15 is 0 Å². The third-order valence-electron chi connectivity index (χ3n) is 5.82. The SMILES string of the molecule is COc1ccccc1C1CC(=O)c2cnc3nc(SCc4ccccc4C)nn3c2C1. The number of ketones is 1. The van der Waals surface area contributed by atoms with Gasteiger partial charge in [-0.15, -0.1) is 5.10 Å². The van der Waals surface area contributed by atoms with Crippen LogP contribution in [0.25, 0.3) is 5.78 Å². The molecule has 1 aliphatic carbocycles. The van der Waals surface area contributed by atoms with E-state index < -0.39 is 0 Å². The molecule has 0 saturated carbocycles. The number of hydrogen-bond acceptors (Lipinski definition) is 6. The van der Waals surface area contributed by atoms with Gasteiger partial charge in [0.2, 0.25) is 5.16 Å². The number of nitrogens with zero attached hydrogens (tertiary/aromatic N) is 4. The van der Waals surface area contributed by atoms with E-state index in [1.165, 1.54) is 11.1 Å². The van der Waals surface area contributed by atoms with Crippen LogP contribution in [-0.4, -0.2) is 32.5 Å². The lowest BCUT2D eigenvalue weighted by Crippen LogP contribution is -2.22. The van der Waals surface area contributed by atoms with E-state index in [1.54, 1.807) is 29.6 Å². The normalized spacial score (nSPS) is 15.8. The van der Waals surface area contributed by atoms with Crippen LogP contribution in [0.3, 0.4) is 0 Å². The summed E-state index contributed by atoms with van der Waals surface area (Å²) >= 11 is 1.58. The highest BCUT2D eigenvalue weighted by atomic mass is 32.2. The molecule has 2 aromatic carbocycles. The maximum absolute atomic E-state index is 12.9. The van der Waals surface area contributed by atoms with E-state index in [9.17, 15) is 4.79 Å². The Bertz CT molecular complexity index is 1280. The van der Waals surface area contributed by atoms with E-state index in [0.717, 1.165) is 22.8 Å². The van der Waals surface area contributed by atoms with Gasteiger partial charge < -0.3 is 4.74 Å². The molecule has 2 heterocycles. The standard InChI is InChI=1S/C24H22N4O2S/c1-15-7-3-4-8-16(15)14-31-24-26-23-25-13-19-20(28(23)27-24)11-17(12-21(19)29)18-9-5-6-10-22(18)30-2/h3-10,13,17H,11-12,14H2,1-2H3. The number of hydrogen-bond donors (Lipinski definition) is 0. The van der Waals surface area contributed by atoms with Gasteiger partial charge in [0, 0.05) is 24.3 Å². The van der Waals surface area contributed by atoms with Crippen molar-refractivity contribution in [1.82, 2.24) is 19.6 Å². The highest BCUT2D eigenvalue weighted by Gasteiger charge is 2.31. The Kier molecular flexibility index (Phi) is 5.19. The molecule has 0 bridgehead atoms. The van der Waals surface area contributed by atoms with Crippen molar-refractivity contribution in [2.75, 3.05) is 7.11 Å². The first-order valence-corrected chi connectivity index (χ1v) is 11.2. The van der Waals surface area contributed by atoms with Gasteiger partial charge in [-0.25, -0.2) is 4.98 Å². The molecule has 31 heavy (non-hydrogen) atoms. The van der Waals surface area contributed by atoms with Crippen molar-refractivity contribution in [3.8, 4) is 5.75 Å². The van der Waals surface area contributed by atoms with Crippen LogP contribution in [0.5, 0.6) is 5.75 Å². The lowest BCUT2D eigenvalue weighted by Gasteiger charge is -2.25. The number of carbonyl (C=O) groups is 1. The second-order valence-corrected chi connectivity index (χ2v) is 8.65. The van der Waals surface area contributed by atoms with Gasteiger partial charge >= 0.3 is 0 Å². The van der Waals surface area contributed by atoms with Crippen LogP contribution in [0, 0.1) is 6.92 Å². The zero-order chi connectivity index (χ0) is 21.4. The summed E-state index contributed by atoms with van der Waals surface area (Å²) in [6.07, 6.45) is 2.77. The largest absolute Gasteiger partial charge is 0.496 e. The van der Waals surface area contributed by atoms with Crippen LogP contribution in [-0.2, 0) is 12.2 Å². The Hall–Kier alpha value is -3.19. The van der Waals surface area contributed by atoms with Gasteiger partial charge in [0.25, 0.3) is 5.78 Å². The number of para-hydroxylation sites is 1. The number of aromatic nitrogens is 4. The Balaban J connectivity index is 1.48. The van der Waals surface area contributed by atoms with Crippen molar-refractivity contribution < 1.29 is 9.53 Å². The van der Waals surface area contributed by atoms with Crippen LogP contribution >= 0.6 is 11.8 Å². The molecule has 0 amide bonds. The van der Waals surface area contributed by atoms with Gasteiger partial charge in [0.1, 0.15) is 5.75 Å². The highest BCUT2D eigenvalue weighted by molar-refractivity contribution is 7.98. The predicted molar refractivity (Wildman–Crippen MR) is 120 cm³/mol. The number of rotatable bonds is 5. The summed E-state index contributed by atoms with van der Waals surface area (Å²) in [6.45, 7) is 2.11. The zero-order valence-electron chi connectivity index (χ0n) is 17.4. The van der Waals surface area contributed by atoms with E-state index in [0.29, 0.717) is 29.3 Å². The molecule has 4 aromatic rings. The number of Topliss-reactive ketones (excluding diaryl/α,β-unsaturated/α-hetero) is 1. The minimum Gasteiger partial charge on any atom is -0.496 e. The molecule has 0 spiro atoms. The fourth-order valence-corrected chi connectivity index (χ4v) is 5.02. The first kappa shape index (κ1) is 19.8. The summed E-state index contributed by atoms with van der Waals surface area (Å²) in [5.41, 5.74) is 5.06. The third kappa shape index (κ3) is 3.70. The number of fused-ring (bicyclic) bond motifs is 3. The maximum Gasteiger partial charge on any atom is 0.253 e. The molecule has 7 heteroatoms. The summed E-state index contributed by atoms with van der Waals surface area (Å²) in [7, 11) is 1.66. The van der Waals surface area contributed by atoms with Crippen LogP contribution in [0.4, 0.5) is 0 Å². The topological polar surface area (TPSA) is 69.4 Å². The van der Waals surface area contributed by atoms with Crippen LogP contribution in [0.1, 0.15) is 45.1 Å². The minimum absolute atomic E-state index is 0.0361. The Labute approximate surface area is 184 Å². The summed E-state index contributed by atoms with van der Waals surface area (Å²) in [5.74, 6) is 2.24. The van der Waals surface area contributed by atoms with E-state index in [1.807, 2.05) is 36.4 Å². The molecule has 5 rings (SSSR count). The Morgan fingerprint density at radius 2 is 1.94 bits per heavy atom. The average molecular weight is 431 g/mol. The quantitative estimate of drug-likeness (QED) is 0.430. The van der Waals surface area contributed by atoms with Crippen molar-refractivity contribution in [2.45, 2.75) is 36.6 Å². The first-order chi connectivity index (χ1) is 15.1. The molecule has 0 saturated heterocycles. The number of carbonyl (C=O) groups excluding carboxylic acids is 1. The number of methoxy groups -OCH3 is 1. The van der Waals surface area contributed by atoms with E-state index in [2.05, 4.69) is 29.0 Å². The Morgan fingerprint density at radius 3 is 2.77 bits per heavy atom. The molecule has 156 valence electrons. The zero-order valence-corrected chi connectivity index (χ0v) is 18.2. The van der Waals surface area contributed by atoms with Crippen molar-refractivity contribution in [3.05, 3.63) is 82.7 Å². The van der Waals surface area contributed by atoms with Crippen LogP contribution in [0.15, 0.2) is 59.9 Å². The first-order valence-electron chi connectivity index (χ1n) is 10.2.